The van der Waals surface area contributed by atoms with E-state index in [4.69, 9.17) is 4.74 Å². The summed E-state index contributed by atoms with van der Waals surface area (Å²) in [4.78, 5) is 11.5. The molecular formula is C11H10F3NO2. The summed E-state index contributed by atoms with van der Waals surface area (Å²) in [6.45, 7) is 3.09. The van der Waals surface area contributed by atoms with Crippen molar-refractivity contribution in [2.75, 3.05) is 5.32 Å². The molecule has 6 heteroatoms. The van der Waals surface area contributed by atoms with Crippen molar-refractivity contribution >= 4 is 11.6 Å². The number of carbonyl (C=O) groups excluding carboxylic acids is 1. The number of alkyl halides is 3. The molecule has 0 saturated carbocycles. The standard InChI is InChI=1S/C11H10F3NO2/c1-10(2)9(16)15-7-5-6(11(12,13)14)3-4-8(7)17-10/h3-5H,1-2H3,(H,15,16). The van der Waals surface area contributed by atoms with Crippen LogP contribution in [0, 0.1) is 0 Å². The summed E-state index contributed by atoms with van der Waals surface area (Å²) >= 11 is 0. The highest BCUT2D eigenvalue weighted by Gasteiger charge is 2.37. The van der Waals surface area contributed by atoms with E-state index in [0.29, 0.717) is 0 Å². The van der Waals surface area contributed by atoms with Crippen molar-refractivity contribution in [1.82, 2.24) is 0 Å². The summed E-state index contributed by atoms with van der Waals surface area (Å²) in [5, 5.41) is 2.40. The molecule has 3 nitrogen and oxygen atoms in total. The average molecular weight is 245 g/mol. The predicted octanol–water partition coefficient (Wildman–Crippen LogP) is 2.81. The summed E-state index contributed by atoms with van der Waals surface area (Å²) in [5.41, 5.74) is -1.85. The van der Waals surface area contributed by atoms with Crippen molar-refractivity contribution in [2.45, 2.75) is 25.6 Å². The van der Waals surface area contributed by atoms with E-state index in [-0.39, 0.29) is 11.4 Å². The third-order valence-electron chi connectivity index (χ3n) is 2.47. The Balaban J connectivity index is 2.43. The Bertz CT molecular complexity index is 480. The number of nitrogens with one attached hydrogen (secondary N) is 1. The third-order valence-corrected chi connectivity index (χ3v) is 2.47. The number of hydrogen-bond donors (Lipinski definition) is 1. The Morgan fingerprint density at radius 3 is 2.53 bits per heavy atom. The minimum absolute atomic E-state index is 0.0455. The minimum Gasteiger partial charge on any atom is -0.476 e. The lowest BCUT2D eigenvalue weighted by Crippen LogP contribution is -2.45. The predicted molar refractivity (Wildman–Crippen MR) is 54.8 cm³/mol. The Kier molecular flexibility index (Phi) is 2.34. The fraction of sp³-hybridized carbons (Fsp3) is 0.364. The fourth-order valence-corrected chi connectivity index (χ4v) is 1.49. The lowest BCUT2D eigenvalue weighted by molar-refractivity contribution is -0.138. The molecule has 1 aromatic carbocycles. The lowest BCUT2D eigenvalue weighted by atomic mass is 10.0. The molecule has 2 rings (SSSR count). The number of fused-ring (bicyclic) bond motifs is 1. The number of anilines is 1. The molecule has 92 valence electrons. The van der Waals surface area contributed by atoms with Crippen LogP contribution in [0.2, 0.25) is 0 Å². The van der Waals surface area contributed by atoms with Crippen LogP contribution in [-0.2, 0) is 11.0 Å². The van der Waals surface area contributed by atoms with Gasteiger partial charge < -0.3 is 10.1 Å². The number of hydrogen-bond acceptors (Lipinski definition) is 2. The second-order valence-electron chi connectivity index (χ2n) is 4.28. The van der Waals surface area contributed by atoms with Gasteiger partial charge in [-0.15, -0.1) is 0 Å². The molecule has 1 aromatic rings. The van der Waals surface area contributed by atoms with Gasteiger partial charge in [0, 0.05) is 0 Å². The normalized spacial score (nSPS) is 18.1. The first-order valence-corrected chi connectivity index (χ1v) is 4.92. The zero-order valence-corrected chi connectivity index (χ0v) is 9.18. The maximum atomic E-state index is 12.5. The molecule has 0 aromatic heterocycles. The number of halogens is 3. The SMILES string of the molecule is CC1(C)Oc2ccc(C(F)(F)F)cc2NC1=O. The maximum Gasteiger partial charge on any atom is 0.416 e. The Hall–Kier alpha value is -1.72. The molecule has 0 spiro atoms. The van der Waals surface area contributed by atoms with E-state index in [1.165, 1.54) is 6.07 Å². The molecule has 1 aliphatic rings. The van der Waals surface area contributed by atoms with E-state index in [1.54, 1.807) is 13.8 Å². The van der Waals surface area contributed by atoms with Crippen molar-refractivity contribution in [3.05, 3.63) is 23.8 Å². The van der Waals surface area contributed by atoms with Gasteiger partial charge in [-0.1, -0.05) is 0 Å². The van der Waals surface area contributed by atoms with Crippen LogP contribution < -0.4 is 10.1 Å². The molecule has 0 radical (unpaired) electrons. The van der Waals surface area contributed by atoms with Gasteiger partial charge in [-0.05, 0) is 32.0 Å². The lowest BCUT2D eigenvalue weighted by Gasteiger charge is -2.31. The first kappa shape index (κ1) is 11.8. The Morgan fingerprint density at radius 1 is 1.29 bits per heavy atom. The second-order valence-corrected chi connectivity index (χ2v) is 4.28. The molecule has 1 N–H and O–H groups in total. The Morgan fingerprint density at radius 2 is 1.94 bits per heavy atom. The summed E-state index contributed by atoms with van der Waals surface area (Å²) in [6.07, 6.45) is -4.44. The number of amides is 1. The first-order valence-electron chi connectivity index (χ1n) is 4.92. The van der Waals surface area contributed by atoms with Gasteiger partial charge in [0.15, 0.2) is 5.60 Å². The molecule has 0 fully saturated rings. The highest BCUT2D eigenvalue weighted by Crippen LogP contribution is 2.38. The van der Waals surface area contributed by atoms with Gasteiger partial charge in [-0.2, -0.15) is 13.2 Å². The largest absolute Gasteiger partial charge is 0.476 e. The van der Waals surface area contributed by atoms with Gasteiger partial charge in [0.1, 0.15) is 5.75 Å². The number of ether oxygens (including phenoxy) is 1. The smallest absolute Gasteiger partial charge is 0.416 e. The van der Waals surface area contributed by atoms with Gasteiger partial charge in [0.25, 0.3) is 5.91 Å². The van der Waals surface area contributed by atoms with Gasteiger partial charge >= 0.3 is 6.18 Å². The van der Waals surface area contributed by atoms with E-state index in [9.17, 15) is 18.0 Å². The van der Waals surface area contributed by atoms with Gasteiger partial charge in [0.2, 0.25) is 0 Å². The third kappa shape index (κ3) is 2.07. The van der Waals surface area contributed by atoms with Crippen molar-refractivity contribution in [3.8, 4) is 5.75 Å². The molecule has 1 heterocycles. The van der Waals surface area contributed by atoms with Crippen molar-refractivity contribution in [2.24, 2.45) is 0 Å². The monoisotopic (exact) mass is 245 g/mol. The molecular weight excluding hydrogens is 235 g/mol. The van der Waals surface area contributed by atoms with Crippen LogP contribution in [0.15, 0.2) is 18.2 Å². The van der Waals surface area contributed by atoms with E-state index in [1.807, 2.05) is 0 Å². The maximum absolute atomic E-state index is 12.5. The molecule has 0 saturated heterocycles. The topological polar surface area (TPSA) is 38.3 Å². The van der Waals surface area contributed by atoms with Crippen LogP contribution in [0.25, 0.3) is 0 Å². The van der Waals surface area contributed by atoms with Crippen LogP contribution in [0.1, 0.15) is 19.4 Å². The molecule has 17 heavy (non-hydrogen) atoms. The van der Waals surface area contributed by atoms with Crippen LogP contribution in [0.5, 0.6) is 5.75 Å². The van der Waals surface area contributed by atoms with Crippen LogP contribution in [-0.4, -0.2) is 11.5 Å². The quantitative estimate of drug-likeness (QED) is 0.763. The van der Waals surface area contributed by atoms with E-state index < -0.39 is 23.2 Å². The van der Waals surface area contributed by atoms with Gasteiger partial charge in [-0.25, -0.2) is 0 Å². The van der Waals surface area contributed by atoms with Crippen molar-refractivity contribution < 1.29 is 22.7 Å². The molecule has 0 unspecified atom stereocenters. The number of benzene rings is 1. The van der Waals surface area contributed by atoms with Crippen LogP contribution >= 0.6 is 0 Å². The Labute approximate surface area is 95.6 Å². The van der Waals surface area contributed by atoms with Crippen LogP contribution in [0.4, 0.5) is 18.9 Å². The number of rotatable bonds is 0. The van der Waals surface area contributed by atoms with Crippen LogP contribution in [0.3, 0.4) is 0 Å². The molecule has 1 amide bonds. The average Bonchev–Trinajstić information content (AvgIpc) is 2.17. The minimum atomic E-state index is -4.44. The summed E-state index contributed by atoms with van der Waals surface area (Å²) in [6, 6.07) is 2.99. The molecule has 1 aliphatic heterocycles. The fourth-order valence-electron chi connectivity index (χ4n) is 1.49. The summed E-state index contributed by atoms with van der Waals surface area (Å²) in [7, 11) is 0. The molecule has 0 bridgehead atoms. The highest BCUT2D eigenvalue weighted by molar-refractivity contribution is 6.00. The number of carbonyl (C=O) groups is 1. The van der Waals surface area contributed by atoms with E-state index in [0.717, 1.165) is 12.1 Å². The van der Waals surface area contributed by atoms with Crippen molar-refractivity contribution in [3.63, 3.8) is 0 Å². The summed E-state index contributed by atoms with van der Waals surface area (Å²) in [5.74, 6) is -0.230. The summed E-state index contributed by atoms with van der Waals surface area (Å²) < 4.78 is 42.7. The zero-order valence-electron chi connectivity index (χ0n) is 9.18. The zero-order chi connectivity index (χ0) is 12.8. The van der Waals surface area contributed by atoms with Gasteiger partial charge in [-0.3, -0.25) is 4.79 Å². The molecule has 0 aliphatic carbocycles. The highest BCUT2D eigenvalue weighted by atomic mass is 19.4. The first-order chi connectivity index (χ1) is 7.70. The van der Waals surface area contributed by atoms with Gasteiger partial charge in [0.05, 0.1) is 11.3 Å². The molecule has 0 atom stereocenters. The van der Waals surface area contributed by atoms with Crippen molar-refractivity contribution in [1.29, 1.82) is 0 Å². The van der Waals surface area contributed by atoms with E-state index in [2.05, 4.69) is 5.32 Å². The second kappa shape index (κ2) is 3.38. The van der Waals surface area contributed by atoms with E-state index >= 15 is 0 Å².